The van der Waals surface area contributed by atoms with Gasteiger partial charge in [-0.05, 0) is 37.0 Å². The highest BCUT2D eigenvalue weighted by Crippen LogP contribution is 2.41. The number of benzene rings is 1. The Hall–Kier alpha value is -2.74. The fourth-order valence-electron chi connectivity index (χ4n) is 3.20. The lowest BCUT2D eigenvalue weighted by Crippen LogP contribution is -2.15. The van der Waals surface area contributed by atoms with Crippen molar-refractivity contribution in [3.63, 3.8) is 0 Å². The molecule has 8 heteroatoms. The summed E-state index contributed by atoms with van der Waals surface area (Å²) >= 11 is 1.42. The van der Waals surface area contributed by atoms with E-state index in [1.54, 1.807) is 12.1 Å². The van der Waals surface area contributed by atoms with Crippen LogP contribution in [0.1, 0.15) is 37.6 Å². The van der Waals surface area contributed by atoms with Crippen LogP contribution < -0.4 is 19.5 Å². The van der Waals surface area contributed by atoms with Crippen LogP contribution in [0.5, 0.6) is 17.2 Å². The van der Waals surface area contributed by atoms with Crippen LogP contribution in [0.4, 0.5) is 5.00 Å². The first-order chi connectivity index (χ1) is 13.0. The second kappa shape index (κ2) is 7.87. The average Bonchev–Trinajstić information content (AvgIpc) is 3.26. The Bertz CT molecular complexity index is 864. The monoisotopic (exact) mass is 391 g/mol. The van der Waals surface area contributed by atoms with E-state index in [4.69, 9.17) is 18.9 Å². The lowest BCUT2D eigenvalue weighted by Gasteiger charge is -2.14. The quantitative estimate of drug-likeness (QED) is 0.761. The molecule has 0 atom stereocenters. The van der Waals surface area contributed by atoms with E-state index in [-0.39, 0.29) is 5.91 Å². The van der Waals surface area contributed by atoms with Crippen molar-refractivity contribution >= 4 is 28.2 Å². The van der Waals surface area contributed by atoms with Gasteiger partial charge in [0.25, 0.3) is 5.91 Å². The zero-order valence-corrected chi connectivity index (χ0v) is 16.5. The number of fused-ring (bicyclic) bond motifs is 1. The van der Waals surface area contributed by atoms with Gasteiger partial charge in [-0.2, -0.15) is 0 Å². The molecular formula is C19H21NO6S. The maximum Gasteiger partial charge on any atom is 0.341 e. The molecule has 1 N–H and O–H groups in total. The zero-order valence-electron chi connectivity index (χ0n) is 15.6. The minimum Gasteiger partial charge on any atom is -0.493 e. The van der Waals surface area contributed by atoms with Gasteiger partial charge in [0.05, 0.1) is 34.0 Å². The normalized spacial score (nSPS) is 12.3. The van der Waals surface area contributed by atoms with E-state index in [1.807, 2.05) is 0 Å². The smallest absolute Gasteiger partial charge is 0.341 e. The number of amides is 1. The number of nitrogens with one attached hydrogen (secondary N) is 1. The molecule has 0 bridgehead atoms. The van der Waals surface area contributed by atoms with Gasteiger partial charge in [-0.25, -0.2) is 4.79 Å². The van der Waals surface area contributed by atoms with Crippen LogP contribution in [0.2, 0.25) is 0 Å². The van der Waals surface area contributed by atoms with Crippen molar-refractivity contribution in [1.29, 1.82) is 0 Å². The fourth-order valence-corrected chi connectivity index (χ4v) is 4.47. The molecule has 1 aliphatic rings. The predicted molar refractivity (Wildman–Crippen MR) is 102 cm³/mol. The van der Waals surface area contributed by atoms with Crippen molar-refractivity contribution < 1.29 is 28.5 Å². The Morgan fingerprint density at radius 2 is 1.67 bits per heavy atom. The van der Waals surface area contributed by atoms with E-state index in [9.17, 15) is 9.59 Å². The second-order valence-electron chi connectivity index (χ2n) is 5.92. The molecule has 0 aliphatic heterocycles. The van der Waals surface area contributed by atoms with E-state index in [1.165, 1.54) is 39.8 Å². The Morgan fingerprint density at radius 1 is 1.00 bits per heavy atom. The molecule has 27 heavy (non-hydrogen) atoms. The van der Waals surface area contributed by atoms with E-state index < -0.39 is 5.97 Å². The third-order valence-electron chi connectivity index (χ3n) is 4.46. The highest BCUT2D eigenvalue weighted by molar-refractivity contribution is 7.17. The Kier molecular flexibility index (Phi) is 5.55. The summed E-state index contributed by atoms with van der Waals surface area (Å²) in [5, 5.41) is 3.34. The predicted octanol–water partition coefficient (Wildman–Crippen LogP) is 3.30. The van der Waals surface area contributed by atoms with E-state index in [2.05, 4.69) is 5.32 Å². The molecule has 1 heterocycles. The van der Waals surface area contributed by atoms with Crippen molar-refractivity contribution in [2.24, 2.45) is 0 Å². The number of carbonyl (C=O) groups is 2. The van der Waals surface area contributed by atoms with Gasteiger partial charge >= 0.3 is 5.97 Å². The summed E-state index contributed by atoms with van der Waals surface area (Å²) in [4.78, 5) is 26.2. The van der Waals surface area contributed by atoms with Gasteiger partial charge in [0.15, 0.2) is 11.5 Å². The number of hydrogen-bond acceptors (Lipinski definition) is 7. The third-order valence-corrected chi connectivity index (χ3v) is 5.67. The van der Waals surface area contributed by atoms with Gasteiger partial charge in [-0.1, -0.05) is 0 Å². The fraction of sp³-hybridized carbons (Fsp3) is 0.368. The van der Waals surface area contributed by atoms with Gasteiger partial charge in [0.1, 0.15) is 5.00 Å². The molecule has 2 aromatic rings. The first kappa shape index (κ1) is 19.0. The summed E-state index contributed by atoms with van der Waals surface area (Å²) in [6.07, 6.45) is 2.73. The number of hydrogen-bond donors (Lipinski definition) is 1. The van der Waals surface area contributed by atoms with E-state index in [0.717, 1.165) is 29.7 Å². The minimum atomic E-state index is -0.436. The molecule has 3 rings (SSSR count). The van der Waals surface area contributed by atoms with E-state index >= 15 is 0 Å². The molecule has 1 aromatic carbocycles. The molecule has 0 spiro atoms. The molecule has 144 valence electrons. The highest BCUT2D eigenvalue weighted by Gasteiger charge is 2.28. The summed E-state index contributed by atoms with van der Waals surface area (Å²) < 4.78 is 20.8. The Labute approximate surface area is 161 Å². The standard InChI is InChI=1S/C19H21NO6S/c1-23-12-8-10(9-13(24-2)16(12)25-3)17(21)20-18-15(19(22)26-4)11-6-5-7-14(11)27-18/h8-9H,5-7H2,1-4H3,(H,20,21). The average molecular weight is 391 g/mol. The van der Waals surface area contributed by atoms with Crippen molar-refractivity contribution in [2.45, 2.75) is 19.3 Å². The van der Waals surface area contributed by atoms with Crippen molar-refractivity contribution in [3.05, 3.63) is 33.7 Å². The molecular weight excluding hydrogens is 370 g/mol. The lowest BCUT2D eigenvalue weighted by atomic mass is 10.1. The van der Waals surface area contributed by atoms with Crippen LogP contribution in [0.15, 0.2) is 12.1 Å². The first-order valence-electron chi connectivity index (χ1n) is 8.38. The number of anilines is 1. The van der Waals surface area contributed by atoms with Gasteiger partial charge in [0.2, 0.25) is 5.75 Å². The largest absolute Gasteiger partial charge is 0.493 e. The van der Waals surface area contributed by atoms with E-state index in [0.29, 0.717) is 33.4 Å². The maximum atomic E-state index is 12.8. The topological polar surface area (TPSA) is 83.1 Å². The Balaban J connectivity index is 1.96. The summed E-state index contributed by atoms with van der Waals surface area (Å²) in [5.41, 5.74) is 1.76. The lowest BCUT2D eigenvalue weighted by molar-refractivity contribution is 0.0601. The van der Waals surface area contributed by atoms with Crippen molar-refractivity contribution in [3.8, 4) is 17.2 Å². The number of aryl methyl sites for hydroxylation is 1. The number of ether oxygens (including phenoxy) is 4. The van der Waals surface area contributed by atoms with Gasteiger partial charge in [-0.3, -0.25) is 4.79 Å². The molecule has 7 nitrogen and oxygen atoms in total. The summed E-state index contributed by atoms with van der Waals surface area (Å²) in [6, 6.07) is 3.13. The van der Waals surface area contributed by atoms with Gasteiger partial charge < -0.3 is 24.3 Å². The molecule has 1 amide bonds. The molecule has 1 aromatic heterocycles. The van der Waals surface area contributed by atoms with Crippen molar-refractivity contribution in [2.75, 3.05) is 33.8 Å². The summed E-state index contributed by atoms with van der Waals surface area (Å²) in [6.45, 7) is 0. The molecule has 0 radical (unpaired) electrons. The number of esters is 1. The molecule has 0 unspecified atom stereocenters. The molecule has 0 saturated heterocycles. The van der Waals surface area contributed by atoms with Gasteiger partial charge in [0, 0.05) is 10.4 Å². The number of methoxy groups -OCH3 is 4. The molecule has 0 saturated carbocycles. The summed E-state index contributed by atoms with van der Waals surface area (Å²) in [5.74, 6) is 0.351. The van der Waals surface area contributed by atoms with Crippen LogP contribution in [0, 0.1) is 0 Å². The van der Waals surface area contributed by atoms with Crippen LogP contribution >= 0.6 is 11.3 Å². The maximum absolute atomic E-state index is 12.8. The second-order valence-corrected chi connectivity index (χ2v) is 7.03. The van der Waals surface area contributed by atoms with Gasteiger partial charge in [-0.15, -0.1) is 11.3 Å². The number of thiophene rings is 1. The van der Waals surface area contributed by atoms with Crippen LogP contribution in [0.25, 0.3) is 0 Å². The van der Waals surface area contributed by atoms with Crippen LogP contribution in [-0.4, -0.2) is 40.3 Å². The van der Waals surface area contributed by atoms with Crippen molar-refractivity contribution in [1.82, 2.24) is 0 Å². The SMILES string of the molecule is COC(=O)c1c(NC(=O)c2cc(OC)c(OC)c(OC)c2)sc2c1CCC2. The number of carbonyl (C=O) groups excluding carboxylic acids is 2. The minimum absolute atomic E-state index is 0.328. The third kappa shape index (κ3) is 3.44. The number of rotatable bonds is 6. The summed E-state index contributed by atoms with van der Waals surface area (Å²) in [7, 11) is 5.80. The first-order valence-corrected chi connectivity index (χ1v) is 9.19. The Morgan fingerprint density at radius 3 is 2.22 bits per heavy atom. The van der Waals surface area contributed by atoms with Crippen LogP contribution in [-0.2, 0) is 17.6 Å². The molecule has 1 aliphatic carbocycles. The molecule has 0 fully saturated rings. The van der Waals surface area contributed by atoms with Crippen LogP contribution in [0.3, 0.4) is 0 Å². The highest BCUT2D eigenvalue weighted by atomic mass is 32.1. The zero-order chi connectivity index (χ0) is 19.6.